The van der Waals surface area contributed by atoms with Crippen LogP contribution in [0, 0.1) is 5.92 Å². The van der Waals surface area contributed by atoms with Crippen LogP contribution in [0.25, 0.3) is 0 Å². The van der Waals surface area contributed by atoms with E-state index in [0.29, 0.717) is 38.9 Å². The molecule has 2 fully saturated rings. The standard InChI is InChI=1S/C15H23NO5.C6H6O3S/c1-3-20-14(18)9-16-11-5-10(15(19)21-4-2)6-12(16)8-13(17)7-11;7-10(8,9)6-4-2-1-3-5-6/h10-12H,3-9H2,1-2H3;1-5H,(H,7,8,9). The molecular formula is C21H29NO8S. The smallest absolute Gasteiger partial charge is 0.320 e. The summed E-state index contributed by atoms with van der Waals surface area (Å²) in [6, 6.07) is 7.32. The molecule has 0 radical (unpaired) electrons. The van der Waals surface area contributed by atoms with Crippen LogP contribution in [-0.4, -0.2) is 67.4 Å². The van der Waals surface area contributed by atoms with Crippen molar-refractivity contribution < 1.29 is 36.8 Å². The fourth-order valence-electron chi connectivity index (χ4n) is 3.99. The van der Waals surface area contributed by atoms with Crippen molar-refractivity contribution in [1.29, 1.82) is 0 Å². The van der Waals surface area contributed by atoms with E-state index in [0.717, 1.165) is 0 Å². The number of rotatable bonds is 6. The number of ether oxygens (including phenoxy) is 2. The largest absolute Gasteiger partial charge is 0.466 e. The second kappa shape index (κ2) is 11.4. The van der Waals surface area contributed by atoms with Crippen LogP contribution in [0.15, 0.2) is 35.2 Å². The number of carbonyl (C=O) groups excluding carboxylic acids is 3. The number of piperidine rings is 2. The Hall–Kier alpha value is -2.30. The summed E-state index contributed by atoms with van der Waals surface area (Å²) in [7, 11) is -4.00. The Bertz CT molecular complexity index is 853. The Labute approximate surface area is 182 Å². The molecule has 0 amide bonds. The topological polar surface area (TPSA) is 127 Å². The summed E-state index contributed by atoms with van der Waals surface area (Å²) in [4.78, 5) is 37.4. The van der Waals surface area contributed by atoms with Gasteiger partial charge in [-0.15, -0.1) is 0 Å². The van der Waals surface area contributed by atoms with E-state index in [-0.39, 0.29) is 47.2 Å². The SMILES string of the molecule is CCOC(=O)CN1C2CC(=O)CC1CC(C(=O)OCC)C2.O=S(=O)(O)c1ccccc1. The van der Waals surface area contributed by atoms with Crippen LogP contribution in [0.5, 0.6) is 0 Å². The first-order valence-electron chi connectivity index (χ1n) is 10.3. The molecule has 0 aliphatic carbocycles. The van der Waals surface area contributed by atoms with Crippen LogP contribution in [0.2, 0.25) is 0 Å². The normalized spacial score (nSPS) is 23.3. The van der Waals surface area contributed by atoms with Crippen molar-refractivity contribution in [3.8, 4) is 0 Å². The van der Waals surface area contributed by atoms with Gasteiger partial charge in [0, 0.05) is 24.9 Å². The maximum absolute atomic E-state index is 11.9. The van der Waals surface area contributed by atoms with Crippen molar-refractivity contribution in [1.82, 2.24) is 4.90 Å². The second-order valence-electron chi connectivity index (χ2n) is 7.44. The number of carbonyl (C=O) groups is 3. The highest BCUT2D eigenvalue weighted by Crippen LogP contribution is 2.36. The van der Waals surface area contributed by atoms with E-state index >= 15 is 0 Å². The summed E-state index contributed by atoms with van der Waals surface area (Å²) in [5.74, 6) is -0.395. The minimum absolute atomic E-state index is 0.0520. The highest BCUT2D eigenvalue weighted by atomic mass is 32.2. The van der Waals surface area contributed by atoms with Gasteiger partial charge in [0.05, 0.1) is 30.6 Å². The van der Waals surface area contributed by atoms with E-state index in [2.05, 4.69) is 0 Å². The van der Waals surface area contributed by atoms with Gasteiger partial charge >= 0.3 is 11.9 Å². The third kappa shape index (κ3) is 7.41. The molecule has 2 atom stereocenters. The van der Waals surface area contributed by atoms with Gasteiger partial charge in [-0.1, -0.05) is 18.2 Å². The lowest BCUT2D eigenvalue weighted by molar-refractivity contribution is -0.157. The molecule has 1 aromatic rings. The van der Waals surface area contributed by atoms with Crippen LogP contribution in [0.1, 0.15) is 39.5 Å². The van der Waals surface area contributed by atoms with Gasteiger partial charge < -0.3 is 9.47 Å². The maximum atomic E-state index is 11.9. The van der Waals surface area contributed by atoms with Gasteiger partial charge in [0.15, 0.2) is 0 Å². The zero-order chi connectivity index (χ0) is 23.0. The minimum atomic E-state index is -4.00. The highest BCUT2D eigenvalue weighted by molar-refractivity contribution is 7.85. The molecule has 31 heavy (non-hydrogen) atoms. The second-order valence-corrected chi connectivity index (χ2v) is 8.86. The predicted molar refractivity (Wildman–Crippen MR) is 111 cm³/mol. The number of hydrogen-bond acceptors (Lipinski definition) is 8. The lowest BCUT2D eigenvalue weighted by Crippen LogP contribution is -2.57. The number of benzene rings is 1. The predicted octanol–water partition coefficient (Wildman–Crippen LogP) is 1.86. The molecule has 9 nitrogen and oxygen atoms in total. The molecule has 1 aromatic carbocycles. The van der Waals surface area contributed by atoms with E-state index < -0.39 is 10.1 Å². The summed E-state index contributed by atoms with van der Waals surface area (Å²) in [5.41, 5.74) is 0. The zero-order valence-corrected chi connectivity index (χ0v) is 18.5. The number of Topliss-reactive ketones (excluding diaryl/α,β-unsaturated/α-hetero) is 1. The molecule has 3 rings (SSSR count). The average Bonchev–Trinajstić information content (AvgIpc) is 2.69. The van der Waals surface area contributed by atoms with Crippen molar-refractivity contribution >= 4 is 27.8 Å². The third-order valence-corrected chi connectivity index (χ3v) is 6.12. The molecule has 172 valence electrons. The van der Waals surface area contributed by atoms with E-state index in [4.69, 9.17) is 14.0 Å². The number of nitrogens with zero attached hydrogens (tertiary/aromatic N) is 1. The van der Waals surface area contributed by atoms with Crippen LogP contribution in [-0.2, 0) is 34.0 Å². The molecule has 1 N–H and O–H groups in total. The van der Waals surface area contributed by atoms with Crippen LogP contribution < -0.4 is 0 Å². The summed E-state index contributed by atoms with van der Waals surface area (Å²) >= 11 is 0. The molecule has 2 aliphatic rings. The van der Waals surface area contributed by atoms with Crippen molar-refractivity contribution in [3.63, 3.8) is 0 Å². The fraction of sp³-hybridized carbons (Fsp3) is 0.571. The fourth-order valence-corrected chi connectivity index (χ4v) is 4.49. The van der Waals surface area contributed by atoms with Crippen molar-refractivity contribution in [2.75, 3.05) is 19.8 Å². The van der Waals surface area contributed by atoms with Gasteiger partial charge in [0.1, 0.15) is 5.78 Å². The summed E-state index contributed by atoms with van der Waals surface area (Å²) < 4.78 is 39.3. The molecular weight excluding hydrogens is 426 g/mol. The lowest BCUT2D eigenvalue weighted by Gasteiger charge is -2.46. The van der Waals surface area contributed by atoms with Gasteiger partial charge in [0.2, 0.25) is 0 Å². The molecule has 0 saturated carbocycles. The Morgan fingerprint density at radius 2 is 1.58 bits per heavy atom. The molecule has 2 bridgehead atoms. The Kier molecular flexibility index (Phi) is 9.15. The number of esters is 2. The number of ketones is 1. The molecule has 2 aliphatic heterocycles. The van der Waals surface area contributed by atoms with Crippen molar-refractivity contribution in [3.05, 3.63) is 30.3 Å². The van der Waals surface area contributed by atoms with Gasteiger partial charge in [0.25, 0.3) is 10.1 Å². The van der Waals surface area contributed by atoms with Crippen molar-refractivity contribution in [2.24, 2.45) is 5.92 Å². The van der Waals surface area contributed by atoms with Gasteiger partial charge in [-0.3, -0.25) is 23.8 Å². The number of fused-ring (bicyclic) bond motifs is 2. The van der Waals surface area contributed by atoms with Crippen LogP contribution in [0.3, 0.4) is 0 Å². The van der Waals surface area contributed by atoms with Gasteiger partial charge in [-0.2, -0.15) is 8.42 Å². The third-order valence-electron chi connectivity index (χ3n) is 5.26. The summed E-state index contributed by atoms with van der Waals surface area (Å²) in [6.45, 7) is 4.49. The molecule has 2 saturated heterocycles. The highest BCUT2D eigenvalue weighted by Gasteiger charge is 2.44. The van der Waals surface area contributed by atoms with Crippen LogP contribution >= 0.6 is 0 Å². The zero-order valence-electron chi connectivity index (χ0n) is 17.7. The van der Waals surface area contributed by atoms with E-state index in [9.17, 15) is 22.8 Å². The Morgan fingerprint density at radius 1 is 1.03 bits per heavy atom. The molecule has 2 heterocycles. The number of hydrogen-bond donors (Lipinski definition) is 1. The van der Waals surface area contributed by atoms with E-state index in [1.165, 1.54) is 12.1 Å². The summed E-state index contributed by atoms with van der Waals surface area (Å²) in [6.07, 6.45) is 1.98. The molecule has 2 unspecified atom stereocenters. The summed E-state index contributed by atoms with van der Waals surface area (Å²) in [5, 5.41) is 0. The van der Waals surface area contributed by atoms with Crippen molar-refractivity contribution in [2.45, 2.75) is 56.5 Å². The first-order valence-corrected chi connectivity index (χ1v) is 11.7. The molecule has 10 heteroatoms. The minimum Gasteiger partial charge on any atom is -0.466 e. The lowest BCUT2D eigenvalue weighted by atomic mass is 9.78. The Morgan fingerprint density at radius 3 is 2.03 bits per heavy atom. The van der Waals surface area contributed by atoms with E-state index in [1.807, 2.05) is 4.90 Å². The Balaban J connectivity index is 0.000000285. The maximum Gasteiger partial charge on any atom is 0.320 e. The molecule has 0 spiro atoms. The first kappa shape index (κ1) is 25.0. The van der Waals surface area contributed by atoms with Gasteiger partial charge in [-0.05, 0) is 38.8 Å². The monoisotopic (exact) mass is 455 g/mol. The van der Waals surface area contributed by atoms with E-state index in [1.54, 1.807) is 32.0 Å². The first-order chi connectivity index (χ1) is 14.7. The van der Waals surface area contributed by atoms with Gasteiger partial charge in [-0.25, -0.2) is 0 Å². The molecule has 0 aromatic heterocycles. The average molecular weight is 456 g/mol. The quantitative estimate of drug-likeness (QED) is 0.505. The van der Waals surface area contributed by atoms with Crippen LogP contribution in [0.4, 0.5) is 0 Å².